The number of nitrogens with zero attached hydrogens (tertiary/aromatic N) is 2. The first-order chi connectivity index (χ1) is 7.72. The van der Waals surface area contributed by atoms with Gasteiger partial charge in [0.1, 0.15) is 5.88 Å². The standard InChI is InChI=1S/C12H15ClN2O.ClH/c1-15(12(16)7-13)11-5-10(6-11)9-3-2-4-14-8-9;/h2-4,8,10-11H,5-7H2,1H3;1H. The van der Waals surface area contributed by atoms with E-state index in [1.807, 2.05) is 19.3 Å². The summed E-state index contributed by atoms with van der Waals surface area (Å²) in [6.07, 6.45) is 5.72. The van der Waals surface area contributed by atoms with E-state index in [1.165, 1.54) is 5.56 Å². The SMILES string of the molecule is CN(C(=O)CCl)C1CC(c2cccnc2)C1.Cl. The zero-order valence-corrected chi connectivity index (χ0v) is 11.2. The van der Waals surface area contributed by atoms with Crippen LogP contribution in [-0.2, 0) is 4.79 Å². The van der Waals surface area contributed by atoms with E-state index in [4.69, 9.17) is 11.6 Å². The van der Waals surface area contributed by atoms with Crippen LogP contribution in [0.3, 0.4) is 0 Å². The first-order valence-corrected chi connectivity index (χ1v) is 5.97. The summed E-state index contributed by atoms with van der Waals surface area (Å²) in [5.74, 6) is 0.630. The molecule has 94 valence electrons. The molecule has 1 heterocycles. The number of hydrogen-bond donors (Lipinski definition) is 0. The highest BCUT2D eigenvalue weighted by Crippen LogP contribution is 2.38. The molecule has 17 heavy (non-hydrogen) atoms. The lowest BCUT2D eigenvalue weighted by Gasteiger charge is -2.41. The van der Waals surface area contributed by atoms with Gasteiger partial charge in [-0.3, -0.25) is 9.78 Å². The number of alkyl halides is 1. The molecule has 0 bridgehead atoms. The number of carbonyl (C=O) groups excluding carboxylic acids is 1. The van der Waals surface area contributed by atoms with Gasteiger partial charge in [0.2, 0.25) is 5.91 Å². The molecule has 1 saturated carbocycles. The molecule has 0 unspecified atom stereocenters. The second kappa shape index (κ2) is 6.22. The van der Waals surface area contributed by atoms with Crippen LogP contribution in [0, 0.1) is 0 Å². The van der Waals surface area contributed by atoms with Crippen molar-refractivity contribution < 1.29 is 4.79 Å². The van der Waals surface area contributed by atoms with Crippen molar-refractivity contribution in [1.29, 1.82) is 0 Å². The van der Waals surface area contributed by atoms with Crippen molar-refractivity contribution in [2.75, 3.05) is 12.9 Å². The van der Waals surface area contributed by atoms with Gasteiger partial charge in [0.15, 0.2) is 0 Å². The number of hydrogen-bond acceptors (Lipinski definition) is 2. The minimum atomic E-state index is 0. The number of rotatable bonds is 3. The van der Waals surface area contributed by atoms with Gasteiger partial charge < -0.3 is 4.90 Å². The van der Waals surface area contributed by atoms with Crippen molar-refractivity contribution in [3.05, 3.63) is 30.1 Å². The normalized spacial score (nSPS) is 22.2. The summed E-state index contributed by atoms with van der Waals surface area (Å²) in [6, 6.07) is 4.39. The van der Waals surface area contributed by atoms with Crippen molar-refractivity contribution in [3.8, 4) is 0 Å². The molecule has 0 aliphatic heterocycles. The number of halogens is 2. The van der Waals surface area contributed by atoms with Crippen LogP contribution in [0.5, 0.6) is 0 Å². The van der Waals surface area contributed by atoms with Gasteiger partial charge in [-0.15, -0.1) is 24.0 Å². The predicted octanol–water partition coefficient (Wildman–Crippen LogP) is 2.45. The van der Waals surface area contributed by atoms with Gasteiger partial charge in [0.05, 0.1) is 0 Å². The molecular formula is C12H16Cl2N2O. The zero-order chi connectivity index (χ0) is 11.5. The molecule has 1 aliphatic rings. The van der Waals surface area contributed by atoms with Gasteiger partial charge in [0, 0.05) is 25.5 Å². The Morgan fingerprint density at radius 1 is 1.59 bits per heavy atom. The van der Waals surface area contributed by atoms with Gasteiger partial charge in [-0.1, -0.05) is 6.07 Å². The lowest BCUT2D eigenvalue weighted by molar-refractivity contribution is -0.131. The van der Waals surface area contributed by atoms with Crippen LogP contribution in [-0.4, -0.2) is 34.8 Å². The summed E-state index contributed by atoms with van der Waals surface area (Å²) >= 11 is 5.52. The fraction of sp³-hybridized carbons (Fsp3) is 0.500. The largest absolute Gasteiger partial charge is 0.342 e. The monoisotopic (exact) mass is 274 g/mol. The summed E-state index contributed by atoms with van der Waals surface area (Å²) in [5, 5.41) is 0. The van der Waals surface area contributed by atoms with E-state index in [9.17, 15) is 4.79 Å². The van der Waals surface area contributed by atoms with Crippen LogP contribution >= 0.6 is 24.0 Å². The molecule has 0 N–H and O–H groups in total. The molecule has 1 aromatic heterocycles. The molecular weight excluding hydrogens is 259 g/mol. The van der Waals surface area contributed by atoms with Gasteiger partial charge in [-0.2, -0.15) is 0 Å². The maximum Gasteiger partial charge on any atom is 0.237 e. The Hall–Kier alpha value is -0.800. The third kappa shape index (κ3) is 3.11. The fourth-order valence-electron chi connectivity index (χ4n) is 2.09. The van der Waals surface area contributed by atoms with Gasteiger partial charge in [-0.25, -0.2) is 0 Å². The van der Waals surface area contributed by atoms with E-state index in [1.54, 1.807) is 11.1 Å². The number of pyridine rings is 1. The lowest BCUT2D eigenvalue weighted by atomic mass is 9.75. The van der Waals surface area contributed by atoms with Crippen LogP contribution in [0.25, 0.3) is 0 Å². The molecule has 0 atom stereocenters. The van der Waals surface area contributed by atoms with E-state index in [0.717, 1.165) is 12.8 Å². The molecule has 0 aromatic carbocycles. The van der Waals surface area contributed by atoms with Crippen LogP contribution in [0.1, 0.15) is 24.3 Å². The minimum Gasteiger partial charge on any atom is -0.342 e. The Morgan fingerprint density at radius 3 is 2.82 bits per heavy atom. The van der Waals surface area contributed by atoms with Crippen molar-refractivity contribution in [3.63, 3.8) is 0 Å². The van der Waals surface area contributed by atoms with Crippen molar-refractivity contribution in [1.82, 2.24) is 9.88 Å². The maximum atomic E-state index is 11.4. The Balaban J connectivity index is 0.00000144. The third-order valence-corrected chi connectivity index (χ3v) is 3.55. The maximum absolute atomic E-state index is 11.4. The topological polar surface area (TPSA) is 33.2 Å². The van der Waals surface area contributed by atoms with Gasteiger partial charge in [0.25, 0.3) is 0 Å². The molecule has 0 saturated heterocycles. The second-order valence-corrected chi connectivity index (χ2v) is 4.51. The highest BCUT2D eigenvalue weighted by atomic mass is 35.5. The molecule has 1 fully saturated rings. The lowest BCUT2D eigenvalue weighted by Crippen LogP contribution is -2.45. The van der Waals surface area contributed by atoms with Crippen molar-refractivity contribution in [2.45, 2.75) is 24.8 Å². The van der Waals surface area contributed by atoms with Gasteiger partial charge in [-0.05, 0) is 30.4 Å². The molecule has 0 spiro atoms. The van der Waals surface area contributed by atoms with Crippen LogP contribution in [0.2, 0.25) is 0 Å². The number of carbonyl (C=O) groups is 1. The van der Waals surface area contributed by atoms with Crippen LogP contribution in [0.4, 0.5) is 0 Å². The van der Waals surface area contributed by atoms with Crippen molar-refractivity contribution >= 4 is 29.9 Å². The summed E-state index contributed by atoms with van der Waals surface area (Å²) in [6.45, 7) is 0. The first-order valence-electron chi connectivity index (χ1n) is 5.44. The van der Waals surface area contributed by atoms with Crippen LogP contribution in [0.15, 0.2) is 24.5 Å². The quantitative estimate of drug-likeness (QED) is 0.794. The molecule has 5 heteroatoms. The molecule has 2 rings (SSSR count). The van der Waals surface area contributed by atoms with Crippen molar-refractivity contribution in [2.24, 2.45) is 0 Å². The van der Waals surface area contributed by atoms with Crippen LogP contribution < -0.4 is 0 Å². The van der Waals surface area contributed by atoms with E-state index in [0.29, 0.717) is 12.0 Å². The Kier molecular flexibility index (Phi) is 5.22. The first kappa shape index (κ1) is 14.3. The number of aromatic nitrogens is 1. The van der Waals surface area contributed by atoms with E-state index >= 15 is 0 Å². The zero-order valence-electron chi connectivity index (χ0n) is 9.67. The van der Waals surface area contributed by atoms with E-state index < -0.39 is 0 Å². The summed E-state index contributed by atoms with van der Waals surface area (Å²) in [7, 11) is 1.83. The average molecular weight is 275 g/mol. The minimum absolute atomic E-state index is 0. The Morgan fingerprint density at radius 2 is 2.29 bits per heavy atom. The highest BCUT2D eigenvalue weighted by molar-refractivity contribution is 6.27. The number of amides is 1. The summed E-state index contributed by atoms with van der Waals surface area (Å²) in [5.41, 5.74) is 1.27. The fourth-order valence-corrected chi connectivity index (χ4v) is 2.28. The van der Waals surface area contributed by atoms with E-state index in [-0.39, 0.29) is 24.2 Å². The van der Waals surface area contributed by atoms with Gasteiger partial charge >= 0.3 is 0 Å². The molecule has 1 aliphatic carbocycles. The molecule has 1 amide bonds. The molecule has 0 radical (unpaired) electrons. The Labute approximate surface area is 113 Å². The Bertz CT molecular complexity index is 366. The molecule has 1 aromatic rings. The average Bonchev–Trinajstić information content (AvgIpc) is 2.27. The predicted molar refractivity (Wildman–Crippen MR) is 70.7 cm³/mol. The molecule has 3 nitrogen and oxygen atoms in total. The van der Waals surface area contributed by atoms with E-state index in [2.05, 4.69) is 11.1 Å². The summed E-state index contributed by atoms with van der Waals surface area (Å²) in [4.78, 5) is 17.2. The smallest absolute Gasteiger partial charge is 0.237 e. The second-order valence-electron chi connectivity index (χ2n) is 4.25. The summed E-state index contributed by atoms with van der Waals surface area (Å²) < 4.78 is 0. The third-order valence-electron chi connectivity index (χ3n) is 3.32. The highest BCUT2D eigenvalue weighted by Gasteiger charge is 2.34.